The average molecular weight is 260 g/mol. The van der Waals surface area contributed by atoms with Gasteiger partial charge in [-0.1, -0.05) is 59.7 Å². The number of carbonyl (C=O) groups excluding carboxylic acids is 1. The van der Waals surface area contributed by atoms with Gasteiger partial charge in [-0.15, -0.1) is 0 Å². The minimum atomic E-state index is 0.0340. The Labute approximate surface area is 118 Å². The molecule has 0 aliphatic rings. The van der Waals surface area contributed by atoms with Gasteiger partial charge in [-0.2, -0.15) is 0 Å². The van der Waals surface area contributed by atoms with E-state index in [0.717, 1.165) is 0 Å². The maximum Gasteiger partial charge on any atom is 0.140 e. The van der Waals surface area contributed by atoms with Crippen molar-refractivity contribution in [1.29, 1.82) is 0 Å². The molecule has 0 amide bonds. The van der Waals surface area contributed by atoms with E-state index in [4.69, 9.17) is 0 Å². The minimum Gasteiger partial charge on any atom is -0.299 e. The number of rotatable bonds is 4. The van der Waals surface area contributed by atoms with Crippen molar-refractivity contribution in [2.24, 2.45) is 5.92 Å². The van der Waals surface area contributed by atoms with Gasteiger partial charge in [0.25, 0.3) is 0 Å². The van der Waals surface area contributed by atoms with Crippen LogP contribution in [0.3, 0.4) is 0 Å². The van der Waals surface area contributed by atoms with E-state index in [2.05, 4.69) is 59.7 Å². The van der Waals surface area contributed by atoms with Crippen LogP contribution in [0.5, 0.6) is 0 Å². The van der Waals surface area contributed by atoms with E-state index in [-0.39, 0.29) is 11.3 Å². The Hall–Kier alpha value is -1.11. The standard InChI is InChI=1S/C18H28O/c1-8-16(19)17(12(2)3)14-10-9-13(4)15(11-14)18(5,6)7/h9-12,17H,8H2,1-7H3. The SMILES string of the molecule is CCC(=O)C(c1ccc(C)c(C(C)(C)C)c1)C(C)C. The van der Waals surface area contributed by atoms with Crippen LogP contribution in [0.15, 0.2) is 18.2 Å². The van der Waals surface area contributed by atoms with Gasteiger partial charge in [0, 0.05) is 12.3 Å². The lowest BCUT2D eigenvalue weighted by Gasteiger charge is -2.26. The van der Waals surface area contributed by atoms with Gasteiger partial charge in [-0.3, -0.25) is 4.79 Å². The van der Waals surface area contributed by atoms with E-state index < -0.39 is 0 Å². The lowest BCUT2D eigenvalue weighted by Crippen LogP contribution is -2.19. The first-order valence-corrected chi connectivity index (χ1v) is 7.32. The Morgan fingerprint density at radius 3 is 2.21 bits per heavy atom. The molecule has 0 saturated heterocycles. The zero-order valence-corrected chi connectivity index (χ0v) is 13.5. The molecule has 1 aromatic carbocycles. The Kier molecular flexibility index (Phi) is 4.95. The lowest BCUT2D eigenvalue weighted by atomic mass is 9.78. The summed E-state index contributed by atoms with van der Waals surface area (Å²) in [5.74, 6) is 0.730. The third-order valence-corrected chi connectivity index (χ3v) is 3.79. The Morgan fingerprint density at radius 1 is 1.21 bits per heavy atom. The molecule has 106 valence electrons. The van der Waals surface area contributed by atoms with E-state index in [1.165, 1.54) is 16.7 Å². The molecule has 19 heavy (non-hydrogen) atoms. The number of carbonyl (C=O) groups is 1. The zero-order chi connectivity index (χ0) is 14.8. The molecular formula is C18H28O. The fourth-order valence-corrected chi connectivity index (χ4v) is 2.80. The summed E-state index contributed by atoms with van der Waals surface area (Å²) >= 11 is 0. The summed E-state index contributed by atoms with van der Waals surface area (Å²) in [6.07, 6.45) is 0.613. The second kappa shape index (κ2) is 5.90. The number of Topliss-reactive ketones (excluding diaryl/α,β-unsaturated/α-hetero) is 1. The van der Waals surface area contributed by atoms with Crippen molar-refractivity contribution < 1.29 is 4.79 Å². The quantitative estimate of drug-likeness (QED) is 0.743. The van der Waals surface area contributed by atoms with Crippen LogP contribution in [0.1, 0.15) is 70.6 Å². The first-order chi connectivity index (χ1) is 8.68. The van der Waals surface area contributed by atoms with E-state index in [1.54, 1.807) is 0 Å². The summed E-state index contributed by atoms with van der Waals surface area (Å²) in [6, 6.07) is 6.53. The summed E-state index contributed by atoms with van der Waals surface area (Å²) in [5.41, 5.74) is 3.95. The van der Waals surface area contributed by atoms with Crippen molar-refractivity contribution in [3.63, 3.8) is 0 Å². The second-order valence-electron chi connectivity index (χ2n) is 6.87. The van der Waals surface area contributed by atoms with Gasteiger partial charge in [-0.05, 0) is 34.9 Å². The maximum absolute atomic E-state index is 12.2. The van der Waals surface area contributed by atoms with Crippen molar-refractivity contribution in [3.05, 3.63) is 34.9 Å². The number of hydrogen-bond acceptors (Lipinski definition) is 1. The van der Waals surface area contributed by atoms with Crippen molar-refractivity contribution in [1.82, 2.24) is 0 Å². The predicted molar refractivity (Wildman–Crippen MR) is 82.8 cm³/mol. The van der Waals surface area contributed by atoms with Gasteiger partial charge >= 0.3 is 0 Å². The summed E-state index contributed by atoms with van der Waals surface area (Å²) in [4.78, 5) is 12.2. The summed E-state index contributed by atoms with van der Waals surface area (Å²) in [6.45, 7) is 15.1. The number of ketones is 1. The molecule has 0 spiro atoms. The monoisotopic (exact) mass is 260 g/mol. The molecule has 0 aromatic heterocycles. The Morgan fingerprint density at radius 2 is 1.79 bits per heavy atom. The van der Waals surface area contributed by atoms with Crippen LogP contribution in [0.25, 0.3) is 0 Å². The topological polar surface area (TPSA) is 17.1 Å². The lowest BCUT2D eigenvalue weighted by molar-refractivity contribution is -0.121. The Balaban J connectivity index is 3.30. The average Bonchev–Trinajstić information content (AvgIpc) is 2.29. The minimum absolute atomic E-state index is 0.0340. The summed E-state index contributed by atoms with van der Waals surface area (Å²) in [5, 5.41) is 0. The molecule has 0 heterocycles. The normalized spacial score (nSPS) is 13.7. The van der Waals surface area contributed by atoms with E-state index in [1.807, 2.05) is 6.92 Å². The molecule has 0 N–H and O–H groups in total. The van der Waals surface area contributed by atoms with Gasteiger partial charge in [0.15, 0.2) is 0 Å². The highest BCUT2D eigenvalue weighted by Gasteiger charge is 2.25. The first-order valence-electron chi connectivity index (χ1n) is 7.32. The molecular weight excluding hydrogens is 232 g/mol. The Bertz CT molecular complexity index is 449. The molecule has 1 aromatic rings. The fraction of sp³-hybridized carbons (Fsp3) is 0.611. The van der Waals surface area contributed by atoms with Crippen molar-refractivity contribution in [3.8, 4) is 0 Å². The number of aryl methyl sites for hydroxylation is 1. The van der Waals surface area contributed by atoms with Crippen LogP contribution in [-0.4, -0.2) is 5.78 Å². The van der Waals surface area contributed by atoms with Crippen LogP contribution in [0.4, 0.5) is 0 Å². The van der Waals surface area contributed by atoms with E-state index >= 15 is 0 Å². The highest BCUT2D eigenvalue weighted by atomic mass is 16.1. The van der Waals surface area contributed by atoms with Crippen LogP contribution < -0.4 is 0 Å². The smallest absolute Gasteiger partial charge is 0.140 e. The maximum atomic E-state index is 12.2. The van der Waals surface area contributed by atoms with Gasteiger partial charge < -0.3 is 0 Å². The van der Waals surface area contributed by atoms with Crippen molar-refractivity contribution >= 4 is 5.78 Å². The summed E-state index contributed by atoms with van der Waals surface area (Å²) < 4.78 is 0. The first kappa shape index (κ1) is 15.9. The third-order valence-electron chi connectivity index (χ3n) is 3.79. The molecule has 1 unspecified atom stereocenters. The highest BCUT2D eigenvalue weighted by Crippen LogP contribution is 2.32. The summed E-state index contributed by atoms with van der Waals surface area (Å²) in [7, 11) is 0. The highest BCUT2D eigenvalue weighted by molar-refractivity contribution is 5.85. The van der Waals surface area contributed by atoms with E-state index in [0.29, 0.717) is 18.1 Å². The largest absolute Gasteiger partial charge is 0.299 e. The van der Waals surface area contributed by atoms with Crippen molar-refractivity contribution in [2.75, 3.05) is 0 Å². The van der Waals surface area contributed by atoms with Gasteiger partial charge in [0.05, 0.1) is 0 Å². The van der Waals surface area contributed by atoms with Gasteiger partial charge in [-0.25, -0.2) is 0 Å². The fourth-order valence-electron chi connectivity index (χ4n) is 2.80. The third kappa shape index (κ3) is 3.68. The number of hydrogen-bond donors (Lipinski definition) is 0. The molecule has 0 radical (unpaired) electrons. The van der Waals surface area contributed by atoms with Gasteiger partial charge in [0.1, 0.15) is 5.78 Å². The molecule has 0 fully saturated rings. The molecule has 0 bridgehead atoms. The predicted octanol–water partition coefficient (Wildman–Crippen LogP) is 5.01. The molecule has 0 aliphatic heterocycles. The van der Waals surface area contributed by atoms with Crippen LogP contribution in [0.2, 0.25) is 0 Å². The molecule has 0 saturated carbocycles. The van der Waals surface area contributed by atoms with Crippen LogP contribution in [-0.2, 0) is 10.2 Å². The van der Waals surface area contributed by atoms with Crippen molar-refractivity contribution in [2.45, 2.75) is 66.2 Å². The molecule has 1 nitrogen and oxygen atoms in total. The van der Waals surface area contributed by atoms with Crippen LogP contribution >= 0.6 is 0 Å². The molecule has 1 rings (SSSR count). The molecule has 0 aliphatic carbocycles. The molecule has 1 heteroatoms. The second-order valence-corrected chi connectivity index (χ2v) is 6.87. The van der Waals surface area contributed by atoms with Gasteiger partial charge in [0.2, 0.25) is 0 Å². The zero-order valence-electron chi connectivity index (χ0n) is 13.5. The van der Waals surface area contributed by atoms with E-state index in [9.17, 15) is 4.79 Å². The number of benzene rings is 1. The molecule has 1 atom stereocenters. The van der Waals surface area contributed by atoms with Crippen LogP contribution in [0, 0.1) is 12.8 Å².